The van der Waals surface area contributed by atoms with E-state index in [2.05, 4.69) is 58.9 Å². The Bertz CT molecular complexity index is 227. The minimum Gasteiger partial charge on any atom is -0.318 e. The summed E-state index contributed by atoms with van der Waals surface area (Å²) in [7, 11) is 8.52. The van der Waals surface area contributed by atoms with Gasteiger partial charge in [-0.25, -0.2) is 5.43 Å². The Kier molecular flexibility index (Phi) is 15.5. The summed E-state index contributed by atoms with van der Waals surface area (Å²) in [5.74, 6) is 0. The van der Waals surface area contributed by atoms with Crippen LogP contribution in [0.4, 0.5) is 0 Å². The van der Waals surface area contributed by atoms with E-state index in [4.69, 9.17) is 0 Å². The van der Waals surface area contributed by atoms with E-state index in [1.807, 2.05) is 7.05 Å². The Labute approximate surface area is 138 Å². The molecule has 134 valence electrons. The van der Waals surface area contributed by atoms with Gasteiger partial charge in [0.05, 0.1) is 6.67 Å². The fraction of sp³-hybridized carbons (Fsp3) is 1.00. The fourth-order valence-corrected chi connectivity index (χ4v) is 2.10. The normalized spacial score (nSPS) is 12.0. The van der Waals surface area contributed by atoms with Crippen molar-refractivity contribution in [1.82, 2.24) is 30.9 Å². The van der Waals surface area contributed by atoms with E-state index in [-0.39, 0.29) is 0 Å². The average Bonchev–Trinajstić information content (AvgIpc) is 2.50. The first-order chi connectivity index (χ1) is 10.6. The van der Waals surface area contributed by atoms with E-state index in [0.717, 1.165) is 45.9 Å². The molecule has 0 saturated carbocycles. The van der Waals surface area contributed by atoms with Gasteiger partial charge in [-0.3, -0.25) is 10.3 Å². The highest BCUT2D eigenvalue weighted by Gasteiger charge is 2.02. The molecule has 0 aliphatic carbocycles. The summed E-state index contributed by atoms with van der Waals surface area (Å²) in [6, 6.07) is 0. The van der Waals surface area contributed by atoms with Crippen LogP contribution >= 0.6 is 0 Å². The molecule has 22 heavy (non-hydrogen) atoms. The second-order valence-corrected chi connectivity index (χ2v) is 6.26. The standard InChI is InChI=1S/C16H40N6/c1-6-7-8-11-20(3)14-15-21(4)13-10-18-19-16-22(5)12-9-17-2/h17-19H,6-16H2,1-5H3. The lowest BCUT2D eigenvalue weighted by atomic mass is 10.2. The van der Waals surface area contributed by atoms with E-state index >= 15 is 0 Å². The Morgan fingerprint density at radius 3 is 1.95 bits per heavy atom. The zero-order valence-electron chi connectivity index (χ0n) is 15.6. The molecule has 6 heteroatoms. The molecule has 0 aliphatic heterocycles. The van der Waals surface area contributed by atoms with Crippen LogP contribution in [0, 0.1) is 0 Å². The van der Waals surface area contributed by atoms with Gasteiger partial charge < -0.3 is 15.1 Å². The molecule has 0 unspecified atom stereocenters. The van der Waals surface area contributed by atoms with Gasteiger partial charge in [-0.2, -0.15) is 0 Å². The maximum absolute atomic E-state index is 3.29. The number of hydrogen-bond acceptors (Lipinski definition) is 6. The minimum atomic E-state index is 0.867. The lowest BCUT2D eigenvalue weighted by Crippen LogP contribution is -2.45. The maximum Gasteiger partial charge on any atom is 0.0612 e. The Morgan fingerprint density at radius 1 is 0.682 bits per heavy atom. The first-order valence-corrected chi connectivity index (χ1v) is 8.76. The highest BCUT2D eigenvalue weighted by Crippen LogP contribution is 1.96. The van der Waals surface area contributed by atoms with Gasteiger partial charge in [0.15, 0.2) is 0 Å². The van der Waals surface area contributed by atoms with Crippen LogP contribution in [0.1, 0.15) is 26.2 Å². The summed E-state index contributed by atoms with van der Waals surface area (Å²) in [5, 5.41) is 3.15. The van der Waals surface area contributed by atoms with Gasteiger partial charge in [-0.15, -0.1) is 0 Å². The van der Waals surface area contributed by atoms with Crippen LogP contribution in [0.3, 0.4) is 0 Å². The van der Waals surface area contributed by atoms with Gasteiger partial charge in [0.1, 0.15) is 0 Å². The van der Waals surface area contributed by atoms with Gasteiger partial charge in [0.2, 0.25) is 0 Å². The number of hydrogen-bond donors (Lipinski definition) is 3. The third-order valence-corrected chi connectivity index (χ3v) is 3.84. The van der Waals surface area contributed by atoms with Crippen LogP contribution in [0.15, 0.2) is 0 Å². The molecule has 0 fully saturated rings. The highest BCUT2D eigenvalue weighted by molar-refractivity contribution is 4.58. The van der Waals surface area contributed by atoms with Crippen LogP contribution in [-0.2, 0) is 0 Å². The van der Waals surface area contributed by atoms with Crippen LogP contribution in [0.25, 0.3) is 0 Å². The molecule has 0 spiro atoms. The zero-order chi connectivity index (χ0) is 16.6. The van der Waals surface area contributed by atoms with Gasteiger partial charge >= 0.3 is 0 Å². The molecule has 0 aromatic heterocycles. The molecular weight excluding hydrogens is 276 g/mol. The van der Waals surface area contributed by atoms with Crippen LogP contribution in [0.2, 0.25) is 0 Å². The molecule has 0 rings (SSSR count). The summed E-state index contributed by atoms with van der Waals surface area (Å²) in [6.45, 7) is 10.7. The number of rotatable bonds is 16. The van der Waals surface area contributed by atoms with Crippen molar-refractivity contribution in [3.63, 3.8) is 0 Å². The Morgan fingerprint density at radius 2 is 1.32 bits per heavy atom. The molecule has 3 N–H and O–H groups in total. The van der Waals surface area contributed by atoms with Crippen molar-refractivity contribution in [2.75, 3.05) is 80.7 Å². The molecule has 0 aliphatic rings. The molecule has 0 heterocycles. The van der Waals surface area contributed by atoms with Crippen LogP contribution < -0.4 is 16.2 Å². The minimum absolute atomic E-state index is 0.867. The average molecular weight is 317 g/mol. The van der Waals surface area contributed by atoms with E-state index in [0.29, 0.717) is 0 Å². The first kappa shape index (κ1) is 21.8. The Hall–Kier alpha value is -0.240. The SMILES string of the molecule is CCCCCN(C)CCN(C)CCNNCN(C)CCNC. The van der Waals surface area contributed by atoms with Gasteiger partial charge in [0, 0.05) is 39.3 Å². The maximum atomic E-state index is 3.29. The summed E-state index contributed by atoms with van der Waals surface area (Å²) < 4.78 is 0. The largest absolute Gasteiger partial charge is 0.318 e. The molecule has 0 aromatic rings. The molecule has 0 aromatic carbocycles. The monoisotopic (exact) mass is 316 g/mol. The molecule has 0 saturated heterocycles. The topological polar surface area (TPSA) is 45.8 Å². The van der Waals surface area contributed by atoms with Gasteiger partial charge in [-0.1, -0.05) is 19.8 Å². The van der Waals surface area contributed by atoms with Gasteiger partial charge in [0.25, 0.3) is 0 Å². The van der Waals surface area contributed by atoms with Crippen molar-refractivity contribution in [3.05, 3.63) is 0 Å². The van der Waals surface area contributed by atoms with Gasteiger partial charge in [-0.05, 0) is 41.2 Å². The van der Waals surface area contributed by atoms with Crippen molar-refractivity contribution in [1.29, 1.82) is 0 Å². The number of nitrogens with one attached hydrogen (secondary N) is 3. The van der Waals surface area contributed by atoms with E-state index < -0.39 is 0 Å². The molecule has 0 radical (unpaired) electrons. The predicted octanol–water partition coefficient (Wildman–Crippen LogP) is 0.243. The fourth-order valence-electron chi connectivity index (χ4n) is 2.10. The van der Waals surface area contributed by atoms with Crippen molar-refractivity contribution in [2.24, 2.45) is 0 Å². The number of unbranched alkanes of at least 4 members (excludes halogenated alkanes) is 2. The number of likely N-dealkylation sites (N-methyl/N-ethyl adjacent to an activating group) is 4. The van der Waals surface area contributed by atoms with Crippen molar-refractivity contribution in [3.8, 4) is 0 Å². The number of hydrazine groups is 1. The first-order valence-electron chi connectivity index (χ1n) is 8.76. The summed E-state index contributed by atoms with van der Waals surface area (Å²) in [5.41, 5.74) is 6.55. The predicted molar refractivity (Wildman–Crippen MR) is 97.1 cm³/mol. The smallest absolute Gasteiger partial charge is 0.0612 e. The second kappa shape index (κ2) is 15.6. The molecule has 6 nitrogen and oxygen atoms in total. The molecule has 0 atom stereocenters. The lowest BCUT2D eigenvalue weighted by Gasteiger charge is -2.22. The van der Waals surface area contributed by atoms with Crippen LogP contribution in [-0.4, -0.2) is 95.4 Å². The third-order valence-electron chi connectivity index (χ3n) is 3.84. The van der Waals surface area contributed by atoms with E-state index in [1.165, 1.54) is 25.8 Å². The van der Waals surface area contributed by atoms with Crippen LogP contribution in [0.5, 0.6) is 0 Å². The van der Waals surface area contributed by atoms with Crippen molar-refractivity contribution in [2.45, 2.75) is 26.2 Å². The Balaban J connectivity index is 3.40. The highest BCUT2D eigenvalue weighted by atomic mass is 15.4. The summed E-state index contributed by atoms with van der Waals surface area (Å²) in [4.78, 5) is 7.07. The number of nitrogens with zero attached hydrogens (tertiary/aromatic N) is 3. The molecule has 0 amide bonds. The van der Waals surface area contributed by atoms with Crippen molar-refractivity contribution < 1.29 is 0 Å². The second-order valence-electron chi connectivity index (χ2n) is 6.26. The lowest BCUT2D eigenvalue weighted by molar-refractivity contribution is 0.243. The molecular formula is C16H40N6. The third kappa shape index (κ3) is 14.7. The quantitative estimate of drug-likeness (QED) is 0.215. The zero-order valence-corrected chi connectivity index (χ0v) is 15.6. The summed E-state index contributed by atoms with van der Waals surface area (Å²) >= 11 is 0. The summed E-state index contributed by atoms with van der Waals surface area (Å²) in [6.07, 6.45) is 3.97. The van der Waals surface area contributed by atoms with E-state index in [9.17, 15) is 0 Å². The van der Waals surface area contributed by atoms with Crippen molar-refractivity contribution >= 4 is 0 Å². The molecule has 0 bridgehead atoms. The van der Waals surface area contributed by atoms with E-state index in [1.54, 1.807) is 0 Å².